The molecule has 0 aliphatic carbocycles. The summed E-state index contributed by atoms with van der Waals surface area (Å²) in [6.07, 6.45) is 1.37. The SMILES string of the molecule is CCO[C@@H]1C[C@H]2CN(C(=O)c3cscn3)CCN2C1. The van der Waals surface area contributed by atoms with Crippen LogP contribution in [-0.4, -0.2) is 65.6 Å². The Kier molecular flexibility index (Phi) is 3.81. The summed E-state index contributed by atoms with van der Waals surface area (Å²) in [5.41, 5.74) is 2.29. The summed E-state index contributed by atoms with van der Waals surface area (Å²) >= 11 is 1.47. The summed E-state index contributed by atoms with van der Waals surface area (Å²) in [4.78, 5) is 20.8. The van der Waals surface area contributed by atoms with Crippen LogP contribution in [0, 0.1) is 0 Å². The largest absolute Gasteiger partial charge is 0.377 e. The third-order valence-corrected chi connectivity index (χ3v) is 4.51. The maximum absolute atomic E-state index is 12.3. The van der Waals surface area contributed by atoms with E-state index < -0.39 is 0 Å². The van der Waals surface area contributed by atoms with E-state index in [1.807, 2.05) is 17.2 Å². The monoisotopic (exact) mass is 281 g/mol. The number of amides is 1. The van der Waals surface area contributed by atoms with Crippen molar-refractivity contribution in [3.63, 3.8) is 0 Å². The molecule has 2 atom stereocenters. The second-order valence-corrected chi connectivity index (χ2v) is 5.81. The lowest BCUT2D eigenvalue weighted by Gasteiger charge is -2.36. The van der Waals surface area contributed by atoms with Gasteiger partial charge in [0.1, 0.15) is 5.69 Å². The van der Waals surface area contributed by atoms with Gasteiger partial charge < -0.3 is 9.64 Å². The van der Waals surface area contributed by atoms with Crippen LogP contribution in [0.2, 0.25) is 0 Å². The quantitative estimate of drug-likeness (QED) is 0.831. The highest BCUT2D eigenvalue weighted by molar-refractivity contribution is 7.07. The molecule has 2 fully saturated rings. The van der Waals surface area contributed by atoms with Crippen molar-refractivity contribution in [3.8, 4) is 0 Å². The minimum absolute atomic E-state index is 0.0701. The molecular weight excluding hydrogens is 262 g/mol. The van der Waals surface area contributed by atoms with E-state index in [1.165, 1.54) is 11.3 Å². The van der Waals surface area contributed by atoms with Gasteiger partial charge in [0.2, 0.25) is 0 Å². The van der Waals surface area contributed by atoms with Gasteiger partial charge in [0.05, 0.1) is 11.6 Å². The Balaban J connectivity index is 1.62. The van der Waals surface area contributed by atoms with Gasteiger partial charge in [0.15, 0.2) is 0 Å². The Hall–Kier alpha value is -0.980. The maximum Gasteiger partial charge on any atom is 0.273 e. The van der Waals surface area contributed by atoms with Crippen molar-refractivity contribution < 1.29 is 9.53 Å². The average Bonchev–Trinajstić information content (AvgIpc) is 3.06. The van der Waals surface area contributed by atoms with E-state index in [4.69, 9.17) is 4.74 Å². The number of aromatic nitrogens is 1. The zero-order chi connectivity index (χ0) is 13.2. The van der Waals surface area contributed by atoms with Gasteiger partial charge in [0, 0.05) is 44.2 Å². The molecule has 0 unspecified atom stereocenters. The summed E-state index contributed by atoms with van der Waals surface area (Å²) in [5, 5.41) is 1.83. The molecule has 3 heterocycles. The van der Waals surface area contributed by atoms with Crippen molar-refractivity contribution >= 4 is 17.2 Å². The summed E-state index contributed by atoms with van der Waals surface area (Å²) in [7, 11) is 0. The first-order valence-electron chi connectivity index (χ1n) is 6.81. The van der Waals surface area contributed by atoms with E-state index in [2.05, 4.69) is 9.88 Å². The zero-order valence-electron chi connectivity index (χ0n) is 11.1. The second kappa shape index (κ2) is 5.56. The number of piperazine rings is 1. The second-order valence-electron chi connectivity index (χ2n) is 5.09. The van der Waals surface area contributed by atoms with Crippen LogP contribution >= 0.6 is 11.3 Å². The van der Waals surface area contributed by atoms with Gasteiger partial charge in [-0.1, -0.05) is 0 Å². The molecule has 104 valence electrons. The molecule has 0 aromatic carbocycles. The van der Waals surface area contributed by atoms with Crippen molar-refractivity contribution in [2.24, 2.45) is 0 Å². The number of nitrogens with zero attached hydrogens (tertiary/aromatic N) is 3. The lowest BCUT2D eigenvalue weighted by atomic mass is 10.1. The van der Waals surface area contributed by atoms with Crippen LogP contribution in [0.25, 0.3) is 0 Å². The van der Waals surface area contributed by atoms with Crippen LogP contribution in [0.15, 0.2) is 10.9 Å². The molecule has 6 heteroatoms. The Morgan fingerprint density at radius 1 is 1.53 bits per heavy atom. The number of carbonyl (C=O) groups is 1. The van der Waals surface area contributed by atoms with Gasteiger partial charge in [-0.15, -0.1) is 11.3 Å². The van der Waals surface area contributed by atoms with Crippen LogP contribution < -0.4 is 0 Å². The lowest BCUT2D eigenvalue weighted by Crippen LogP contribution is -2.52. The molecule has 19 heavy (non-hydrogen) atoms. The Labute approximate surface area is 117 Å². The number of hydrogen-bond donors (Lipinski definition) is 0. The fourth-order valence-corrected chi connectivity index (χ4v) is 3.54. The molecular formula is C13H19N3O2S. The fourth-order valence-electron chi connectivity index (χ4n) is 3.02. The van der Waals surface area contributed by atoms with E-state index >= 15 is 0 Å². The summed E-state index contributed by atoms with van der Waals surface area (Å²) in [5.74, 6) is 0.0701. The molecule has 1 aromatic heterocycles. The van der Waals surface area contributed by atoms with Crippen LogP contribution in [0.3, 0.4) is 0 Å². The summed E-state index contributed by atoms with van der Waals surface area (Å²) in [6.45, 7) is 6.37. The van der Waals surface area contributed by atoms with Crippen molar-refractivity contribution in [1.29, 1.82) is 0 Å². The molecule has 5 nitrogen and oxygen atoms in total. The molecule has 0 bridgehead atoms. The van der Waals surface area contributed by atoms with E-state index in [0.29, 0.717) is 17.8 Å². The summed E-state index contributed by atoms with van der Waals surface area (Å²) < 4.78 is 5.71. The standard InChI is InChI=1S/C13H19N3O2S/c1-2-18-11-5-10-6-16(4-3-15(10)7-11)13(17)12-8-19-9-14-12/h8-11H,2-7H2,1H3/t10-,11+/m0/s1. The van der Waals surface area contributed by atoms with Crippen LogP contribution in [0.4, 0.5) is 0 Å². The Morgan fingerprint density at radius 3 is 3.16 bits per heavy atom. The van der Waals surface area contributed by atoms with Gasteiger partial charge in [0.25, 0.3) is 5.91 Å². The van der Waals surface area contributed by atoms with E-state index in [0.717, 1.165) is 39.2 Å². The first kappa shape index (κ1) is 13.0. The normalized spacial score (nSPS) is 27.5. The van der Waals surface area contributed by atoms with Crippen molar-refractivity contribution in [2.45, 2.75) is 25.5 Å². The molecule has 0 N–H and O–H groups in total. The van der Waals surface area contributed by atoms with Crippen LogP contribution in [-0.2, 0) is 4.74 Å². The predicted octanol–water partition coefficient (Wildman–Crippen LogP) is 1.08. The zero-order valence-corrected chi connectivity index (χ0v) is 11.9. The first-order chi connectivity index (χ1) is 9.28. The molecule has 0 radical (unpaired) electrons. The Morgan fingerprint density at radius 2 is 2.42 bits per heavy atom. The highest BCUT2D eigenvalue weighted by atomic mass is 32.1. The lowest BCUT2D eigenvalue weighted by molar-refractivity contribution is 0.0549. The predicted molar refractivity (Wildman–Crippen MR) is 73.4 cm³/mol. The molecule has 2 saturated heterocycles. The smallest absolute Gasteiger partial charge is 0.273 e. The average molecular weight is 281 g/mol. The third kappa shape index (κ3) is 2.66. The highest BCUT2D eigenvalue weighted by Gasteiger charge is 2.38. The third-order valence-electron chi connectivity index (χ3n) is 3.92. The fraction of sp³-hybridized carbons (Fsp3) is 0.692. The van der Waals surface area contributed by atoms with E-state index in [1.54, 1.807) is 5.51 Å². The Bertz CT molecular complexity index is 437. The summed E-state index contributed by atoms with van der Waals surface area (Å²) in [6, 6.07) is 0.452. The van der Waals surface area contributed by atoms with Crippen LogP contribution in [0.5, 0.6) is 0 Å². The number of fused-ring (bicyclic) bond motifs is 1. The van der Waals surface area contributed by atoms with Gasteiger partial charge in [-0.3, -0.25) is 9.69 Å². The number of ether oxygens (including phenoxy) is 1. The first-order valence-corrected chi connectivity index (χ1v) is 7.75. The molecule has 1 amide bonds. The van der Waals surface area contributed by atoms with Crippen LogP contribution in [0.1, 0.15) is 23.8 Å². The molecule has 0 saturated carbocycles. The van der Waals surface area contributed by atoms with Gasteiger partial charge in [-0.05, 0) is 13.3 Å². The minimum atomic E-state index is 0.0701. The molecule has 0 spiro atoms. The molecule has 1 aromatic rings. The van der Waals surface area contributed by atoms with E-state index in [9.17, 15) is 4.79 Å². The van der Waals surface area contributed by atoms with Gasteiger partial charge >= 0.3 is 0 Å². The van der Waals surface area contributed by atoms with Crippen molar-refractivity contribution in [1.82, 2.24) is 14.8 Å². The number of rotatable bonds is 3. The van der Waals surface area contributed by atoms with E-state index in [-0.39, 0.29) is 5.91 Å². The van der Waals surface area contributed by atoms with Gasteiger partial charge in [-0.2, -0.15) is 0 Å². The maximum atomic E-state index is 12.3. The topological polar surface area (TPSA) is 45.7 Å². The number of thiazole rings is 1. The number of carbonyl (C=O) groups excluding carboxylic acids is 1. The van der Waals surface area contributed by atoms with Gasteiger partial charge in [-0.25, -0.2) is 4.98 Å². The van der Waals surface area contributed by atoms with Crippen molar-refractivity contribution in [3.05, 3.63) is 16.6 Å². The minimum Gasteiger partial charge on any atom is -0.377 e. The molecule has 2 aliphatic heterocycles. The molecule has 3 rings (SSSR count). The van der Waals surface area contributed by atoms with Crippen molar-refractivity contribution in [2.75, 3.05) is 32.8 Å². The number of hydrogen-bond acceptors (Lipinski definition) is 5. The molecule has 2 aliphatic rings. The highest BCUT2D eigenvalue weighted by Crippen LogP contribution is 2.24.